The van der Waals surface area contributed by atoms with Crippen molar-refractivity contribution in [3.8, 4) is 0 Å². The van der Waals surface area contributed by atoms with Crippen molar-refractivity contribution in [2.24, 2.45) is 0 Å². The van der Waals surface area contributed by atoms with Crippen molar-refractivity contribution in [2.75, 3.05) is 18.4 Å². The van der Waals surface area contributed by atoms with Crippen LogP contribution in [0.4, 0.5) is 5.69 Å². The van der Waals surface area contributed by atoms with Crippen molar-refractivity contribution in [1.82, 2.24) is 4.90 Å². The topological polar surface area (TPSA) is 104 Å². The number of nitrogens with zero attached hydrogens (tertiary/aromatic N) is 1. The number of aliphatic hydroxyl groups is 1. The van der Waals surface area contributed by atoms with Crippen molar-refractivity contribution >= 4 is 27.3 Å². The molecule has 0 aromatic heterocycles. The average Bonchev–Trinajstić information content (AvgIpc) is 2.73. The van der Waals surface area contributed by atoms with E-state index in [0.717, 1.165) is 6.42 Å². The SMILES string of the molecule is CC(C)S(=O)(=O)c1ccc(C(=O)Nc2cccc(C(=O)N3CCC[C@@H](O)C3)c2)cc1. The van der Waals surface area contributed by atoms with Crippen molar-refractivity contribution in [3.63, 3.8) is 0 Å². The second-order valence-corrected chi connectivity index (χ2v) is 10.2. The van der Waals surface area contributed by atoms with Gasteiger partial charge < -0.3 is 15.3 Å². The maximum absolute atomic E-state index is 12.7. The Morgan fingerprint density at radius 1 is 1.10 bits per heavy atom. The van der Waals surface area contributed by atoms with E-state index in [-0.39, 0.29) is 10.8 Å². The van der Waals surface area contributed by atoms with E-state index in [0.29, 0.717) is 36.3 Å². The molecule has 2 aromatic rings. The maximum atomic E-state index is 12.7. The number of carbonyl (C=O) groups is 2. The molecule has 7 nitrogen and oxygen atoms in total. The summed E-state index contributed by atoms with van der Waals surface area (Å²) >= 11 is 0. The van der Waals surface area contributed by atoms with Crippen LogP contribution in [0.15, 0.2) is 53.4 Å². The summed E-state index contributed by atoms with van der Waals surface area (Å²) in [5, 5.41) is 12.0. The van der Waals surface area contributed by atoms with Gasteiger partial charge in [-0.3, -0.25) is 9.59 Å². The van der Waals surface area contributed by atoms with Crippen LogP contribution in [-0.2, 0) is 9.84 Å². The molecule has 1 fully saturated rings. The lowest BCUT2D eigenvalue weighted by Crippen LogP contribution is -2.42. The zero-order valence-electron chi connectivity index (χ0n) is 17.0. The first kappa shape index (κ1) is 22.0. The summed E-state index contributed by atoms with van der Waals surface area (Å²) in [6.07, 6.45) is 0.941. The van der Waals surface area contributed by atoms with Gasteiger partial charge in [0.25, 0.3) is 11.8 Å². The van der Waals surface area contributed by atoms with Crippen molar-refractivity contribution in [2.45, 2.75) is 42.9 Å². The highest BCUT2D eigenvalue weighted by Crippen LogP contribution is 2.19. The minimum absolute atomic E-state index is 0.172. The van der Waals surface area contributed by atoms with Crippen LogP contribution in [0.5, 0.6) is 0 Å². The highest BCUT2D eigenvalue weighted by Gasteiger charge is 2.23. The fraction of sp³-hybridized carbons (Fsp3) is 0.364. The summed E-state index contributed by atoms with van der Waals surface area (Å²) in [5.74, 6) is -0.588. The van der Waals surface area contributed by atoms with Crippen LogP contribution < -0.4 is 5.32 Å². The lowest BCUT2D eigenvalue weighted by atomic mass is 10.1. The fourth-order valence-electron chi connectivity index (χ4n) is 3.32. The van der Waals surface area contributed by atoms with Crippen LogP contribution in [0.25, 0.3) is 0 Å². The molecule has 1 atom stereocenters. The van der Waals surface area contributed by atoms with Crippen LogP contribution in [-0.4, -0.2) is 54.7 Å². The smallest absolute Gasteiger partial charge is 0.255 e. The van der Waals surface area contributed by atoms with Gasteiger partial charge in [0.2, 0.25) is 0 Å². The third kappa shape index (κ3) is 4.88. The molecule has 0 aliphatic carbocycles. The van der Waals surface area contributed by atoms with Gasteiger partial charge in [-0.2, -0.15) is 0 Å². The average molecular weight is 431 g/mol. The monoisotopic (exact) mass is 430 g/mol. The summed E-state index contributed by atoms with van der Waals surface area (Å²) in [7, 11) is -3.40. The number of hydrogen-bond acceptors (Lipinski definition) is 5. The minimum Gasteiger partial charge on any atom is -0.391 e. The molecule has 2 aromatic carbocycles. The second-order valence-electron chi connectivity index (χ2n) is 7.70. The Morgan fingerprint density at radius 3 is 2.43 bits per heavy atom. The Hall–Kier alpha value is -2.71. The van der Waals surface area contributed by atoms with Crippen LogP contribution in [0, 0.1) is 0 Å². The molecule has 1 heterocycles. The number of aliphatic hydroxyl groups excluding tert-OH is 1. The maximum Gasteiger partial charge on any atom is 0.255 e. The van der Waals surface area contributed by atoms with Crippen LogP contribution in [0.3, 0.4) is 0 Å². The standard InChI is InChI=1S/C22H26N2O5S/c1-15(2)30(28,29)20-10-8-16(9-11-20)21(26)23-18-6-3-5-17(13-18)22(27)24-12-4-7-19(25)14-24/h3,5-6,8-11,13,15,19,25H,4,7,12,14H2,1-2H3,(H,23,26)/t19-/m1/s1. The van der Waals surface area contributed by atoms with Crippen molar-refractivity contribution in [3.05, 3.63) is 59.7 Å². The number of nitrogens with one attached hydrogen (secondary N) is 1. The van der Waals surface area contributed by atoms with E-state index >= 15 is 0 Å². The molecule has 0 bridgehead atoms. The van der Waals surface area contributed by atoms with E-state index in [9.17, 15) is 23.1 Å². The predicted octanol–water partition coefficient (Wildman–Crippen LogP) is 2.72. The number of rotatable bonds is 5. The first-order chi connectivity index (χ1) is 14.2. The molecule has 2 amide bonds. The Balaban J connectivity index is 1.71. The molecule has 3 rings (SSSR count). The summed E-state index contributed by atoms with van der Waals surface area (Å²) in [5.41, 5.74) is 1.20. The lowest BCUT2D eigenvalue weighted by Gasteiger charge is -2.30. The predicted molar refractivity (Wildman–Crippen MR) is 114 cm³/mol. The summed E-state index contributed by atoms with van der Waals surface area (Å²) in [6.45, 7) is 4.11. The second kappa shape index (κ2) is 8.97. The number of hydrogen-bond donors (Lipinski definition) is 2. The molecule has 1 aliphatic rings. The molecule has 30 heavy (non-hydrogen) atoms. The van der Waals surface area contributed by atoms with E-state index in [1.165, 1.54) is 24.3 Å². The van der Waals surface area contributed by atoms with Crippen molar-refractivity contribution < 1.29 is 23.1 Å². The normalized spacial score (nSPS) is 17.1. The van der Waals surface area contributed by atoms with E-state index in [1.54, 1.807) is 43.0 Å². The Labute approximate surface area is 176 Å². The quantitative estimate of drug-likeness (QED) is 0.759. The van der Waals surface area contributed by atoms with Gasteiger partial charge in [0.15, 0.2) is 9.84 Å². The molecule has 0 spiro atoms. The Kier molecular flexibility index (Phi) is 6.58. The molecular weight excluding hydrogens is 404 g/mol. The van der Waals surface area contributed by atoms with Gasteiger partial charge in [-0.25, -0.2) is 8.42 Å². The van der Waals surface area contributed by atoms with E-state index in [1.807, 2.05) is 0 Å². The number of carbonyl (C=O) groups excluding carboxylic acids is 2. The number of anilines is 1. The first-order valence-electron chi connectivity index (χ1n) is 9.91. The molecule has 160 valence electrons. The van der Waals surface area contributed by atoms with Gasteiger partial charge in [-0.05, 0) is 69.2 Å². The number of likely N-dealkylation sites (tertiary alicyclic amines) is 1. The minimum atomic E-state index is -3.40. The summed E-state index contributed by atoms with van der Waals surface area (Å²) in [6, 6.07) is 12.4. The van der Waals surface area contributed by atoms with Crippen LogP contribution >= 0.6 is 0 Å². The first-order valence-corrected chi connectivity index (χ1v) is 11.5. The molecule has 8 heteroatoms. The number of piperidine rings is 1. The molecule has 2 N–H and O–H groups in total. The Bertz CT molecular complexity index is 1030. The fourth-order valence-corrected chi connectivity index (χ4v) is 4.38. The van der Waals surface area contributed by atoms with E-state index < -0.39 is 27.1 Å². The number of β-amino-alcohol motifs (C(OH)–C–C–N with tert-alkyl or cyclic N) is 1. The largest absolute Gasteiger partial charge is 0.391 e. The summed E-state index contributed by atoms with van der Waals surface area (Å²) < 4.78 is 24.4. The van der Waals surface area contributed by atoms with Gasteiger partial charge in [0.05, 0.1) is 16.2 Å². The Morgan fingerprint density at radius 2 is 1.80 bits per heavy atom. The lowest BCUT2D eigenvalue weighted by molar-refractivity contribution is 0.0474. The molecule has 0 radical (unpaired) electrons. The van der Waals surface area contributed by atoms with Crippen molar-refractivity contribution in [1.29, 1.82) is 0 Å². The molecule has 0 unspecified atom stereocenters. The molecular formula is C22H26N2O5S. The zero-order chi connectivity index (χ0) is 21.9. The summed E-state index contributed by atoms with van der Waals surface area (Å²) in [4.78, 5) is 27.0. The zero-order valence-corrected chi connectivity index (χ0v) is 17.9. The van der Waals surface area contributed by atoms with Gasteiger partial charge in [-0.1, -0.05) is 6.07 Å². The van der Waals surface area contributed by atoms with Gasteiger partial charge in [0, 0.05) is 29.9 Å². The molecule has 0 saturated carbocycles. The third-order valence-corrected chi connectivity index (χ3v) is 7.29. The van der Waals surface area contributed by atoms with E-state index in [4.69, 9.17) is 0 Å². The van der Waals surface area contributed by atoms with Crippen LogP contribution in [0.2, 0.25) is 0 Å². The number of benzene rings is 2. The molecule has 1 aliphatic heterocycles. The third-order valence-electron chi connectivity index (χ3n) is 5.12. The van der Waals surface area contributed by atoms with Gasteiger partial charge in [-0.15, -0.1) is 0 Å². The number of sulfone groups is 1. The number of amides is 2. The van der Waals surface area contributed by atoms with Gasteiger partial charge >= 0.3 is 0 Å². The van der Waals surface area contributed by atoms with E-state index in [2.05, 4.69) is 5.32 Å². The highest BCUT2D eigenvalue weighted by molar-refractivity contribution is 7.92. The van der Waals surface area contributed by atoms with Gasteiger partial charge in [0.1, 0.15) is 0 Å². The molecule has 1 saturated heterocycles. The van der Waals surface area contributed by atoms with Crippen LogP contribution in [0.1, 0.15) is 47.4 Å². The highest BCUT2D eigenvalue weighted by atomic mass is 32.2.